The molecule has 1 aliphatic rings. The molecule has 1 aromatic carbocycles. The molecule has 0 bridgehead atoms. The minimum atomic E-state index is -0.00662. The second-order valence-corrected chi connectivity index (χ2v) is 3.67. The van der Waals surface area contributed by atoms with Crippen LogP contribution in [0.3, 0.4) is 0 Å². The van der Waals surface area contributed by atoms with Crippen LogP contribution < -0.4 is 9.64 Å². The molecule has 16 heavy (non-hydrogen) atoms. The number of aryl methyl sites for hydroxylation is 1. The molecule has 1 amide bonds. The molecule has 2 rings (SSSR count). The van der Waals surface area contributed by atoms with Gasteiger partial charge in [0.05, 0.1) is 19.3 Å². The van der Waals surface area contributed by atoms with E-state index in [1.54, 1.807) is 13.2 Å². The minimum absolute atomic E-state index is 0.00662. The van der Waals surface area contributed by atoms with E-state index in [4.69, 9.17) is 4.74 Å². The smallest absolute Gasteiger partial charge is 0.227 e. The van der Waals surface area contributed by atoms with Crippen LogP contribution in [0.2, 0.25) is 0 Å². The van der Waals surface area contributed by atoms with E-state index in [0.29, 0.717) is 12.2 Å². The topological polar surface area (TPSA) is 46.6 Å². The molecular weight excluding hydrogens is 206 g/mol. The number of fused-ring (bicyclic) bond motifs is 1. The third-order valence-corrected chi connectivity index (χ3v) is 2.75. The number of hydrogen-bond donors (Lipinski definition) is 0. The van der Waals surface area contributed by atoms with E-state index in [9.17, 15) is 9.59 Å². The standard InChI is InChI=1S/C12H13NO3/c1-16-10-4-2-9-3-5-12(15)13(6-7-14)11(9)8-10/h2,4,7-8H,3,5-6H2,1H3. The average Bonchev–Trinajstić information content (AvgIpc) is 2.32. The number of amides is 1. The van der Waals surface area contributed by atoms with Gasteiger partial charge in [-0.05, 0) is 18.1 Å². The molecule has 0 aromatic heterocycles. The fourth-order valence-electron chi connectivity index (χ4n) is 1.92. The van der Waals surface area contributed by atoms with Crippen LogP contribution >= 0.6 is 0 Å². The van der Waals surface area contributed by atoms with Crippen molar-refractivity contribution in [1.82, 2.24) is 0 Å². The van der Waals surface area contributed by atoms with Crippen molar-refractivity contribution in [1.29, 1.82) is 0 Å². The van der Waals surface area contributed by atoms with Gasteiger partial charge in [0.15, 0.2) is 0 Å². The van der Waals surface area contributed by atoms with Gasteiger partial charge < -0.3 is 14.4 Å². The van der Waals surface area contributed by atoms with Crippen molar-refractivity contribution in [3.8, 4) is 5.75 Å². The molecule has 0 saturated carbocycles. The molecule has 0 saturated heterocycles. The molecule has 1 aromatic rings. The van der Waals surface area contributed by atoms with Crippen molar-refractivity contribution >= 4 is 17.9 Å². The van der Waals surface area contributed by atoms with Gasteiger partial charge in [0, 0.05) is 12.5 Å². The zero-order chi connectivity index (χ0) is 11.5. The van der Waals surface area contributed by atoms with Crippen LogP contribution in [0, 0.1) is 0 Å². The van der Waals surface area contributed by atoms with E-state index in [2.05, 4.69) is 0 Å². The maximum atomic E-state index is 11.7. The number of benzene rings is 1. The van der Waals surface area contributed by atoms with Gasteiger partial charge in [-0.2, -0.15) is 0 Å². The number of carbonyl (C=O) groups is 2. The van der Waals surface area contributed by atoms with Crippen LogP contribution in [0.25, 0.3) is 0 Å². The Kier molecular flexibility index (Phi) is 2.90. The second-order valence-electron chi connectivity index (χ2n) is 3.67. The van der Waals surface area contributed by atoms with Gasteiger partial charge in [0.1, 0.15) is 12.0 Å². The van der Waals surface area contributed by atoms with Gasteiger partial charge >= 0.3 is 0 Å². The highest BCUT2D eigenvalue weighted by Gasteiger charge is 2.23. The van der Waals surface area contributed by atoms with Crippen LogP contribution in [0.5, 0.6) is 5.75 Å². The number of rotatable bonds is 3. The summed E-state index contributed by atoms with van der Waals surface area (Å²) in [7, 11) is 1.58. The van der Waals surface area contributed by atoms with Gasteiger partial charge in [-0.3, -0.25) is 4.79 Å². The molecule has 84 valence electrons. The Hall–Kier alpha value is -1.84. The maximum Gasteiger partial charge on any atom is 0.227 e. The molecule has 0 spiro atoms. The Balaban J connectivity index is 2.43. The summed E-state index contributed by atoms with van der Waals surface area (Å²) in [4.78, 5) is 23.7. The predicted molar refractivity (Wildman–Crippen MR) is 59.7 cm³/mol. The fourth-order valence-corrected chi connectivity index (χ4v) is 1.92. The quantitative estimate of drug-likeness (QED) is 0.717. The normalized spacial score (nSPS) is 14.6. The fraction of sp³-hybridized carbons (Fsp3) is 0.333. The Morgan fingerprint density at radius 1 is 1.44 bits per heavy atom. The second kappa shape index (κ2) is 4.35. The van der Waals surface area contributed by atoms with Crippen molar-refractivity contribution in [2.75, 3.05) is 18.6 Å². The highest BCUT2D eigenvalue weighted by atomic mass is 16.5. The monoisotopic (exact) mass is 219 g/mol. The molecule has 0 fully saturated rings. The number of anilines is 1. The van der Waals surface area contributed by atoms with Gasteiger partial charge in [-0.15, -0.1) is 0 Å². The van der Waals surface area contributed by atoms with Crippen molar-refractivity contribution in [3.63, 3.8) is 0 Å². The third-order valence-electron chi connectivity index (χ3n) is 2.75. The van der Waals surface area contributed by atoms with Crippen LogP contribution in [-0.4, -0.2) is 25.8 Å². The first kappa shape index (κ1) is 10.7. The highest BCUT2D eigenvalue weighted by Crippen LogP contribution is 2.30. The summed E-state index contributed by atoms with van der Waals surface area (Å²) in [5.41, 5.74) is 1.88. The number of nitrogens with zero attached hydrogens (tertiary/aromatic N) is 1. The molecule has 0 unspecified atom stereocenters. The molecule has 0 atom stereocenters. The number of carbonyl (C=O) groups excluding carboxylic acids is 2. The zero-order valence-electron chi connectivity index (χ0n) is 9.10. The van der Waals surface area contributed by atoms with Gasteiger partial charge in [0.2, 0.25) is 5.91 Å². The molecule has 4 heteroatoms. The van der Waals surface area contributed by atoms with Crippen molar-refractivity contribution in [2.24, 2.45) is 0 Å². The summed E-state index contributed by atoms with van der Waals surface area (Å²) < 4.78 is 5.12. The lowest BCUT2D eigenvalue weighted by Crippen LogP contribution is -2.36. The summed E-state index contributed by atoms with van der Waals surface area (Å²) in [5, 5.41) is 0. The molecule has 1 heterocycles. The lowest BCUT2D eigenvalue weighted by molar-refractivity contribution is -0.120. The zero-order valence-corrected chi connectivity index (χ0v) is 9.10. The van der Waals surface area contributed by atoms with Crippen molar-refractivity contribution in [3.05, 3.63) is 23.8 Å². The lowest BCUT2D eigenvalue weighted by Gasteiger charge is -2.28. The lowest BCUT2D eigenvalue weighted by atomic mass is 10.0. The first-order valence-electron chi connectivity index (χ1n) is 5.17. The highest BCUT2D eigenvalue weighted by molar-refractivity contribution is 5.98. The Bertz CT molecular complexity index is 428. The average molecular weight is 219 g/mol. The Morgan fingerprint density at radius 2 is 2.25 bits per heavy atom. The Morgan fingerprint density at radius 3 is 2.94 bits per heavy atom. The maximum absolute atomic E-state index is 11.7. The summed E-state index contributed by atoms with van der Waals surface area (Å²) in [6.07, 6.45) is 1.94. The third kappa shape index (κ3) is 1.78. The first-order valence-corrected chi connectivity index (χ1v) is 5.17. The van der Waals surface area contributed by atoms with Crippen LogP contribution in [-0.2, 0) is 16.0 Å². The van der Waals surface area contributed by atoms with E-state index >= 15 is 0 Å². The minimum Gasteiger partial charge on any atom is -0.497 e. The van der Waals surface area contributed by atoms with E-state index in [-0.39, 0.29) is 12.5 Å². The van der Waals surface area contributed by atoms with E-state index in [1.807, 2.05) is 12.1 Å². The Labute approximate surface area is 93.8 Å². The van der Waals surface area contributed by atoms with E-state index in [0.717, 1.165) is 24.0 Å². The van der Waals surface area contributed by atoms with Crippen molar-refractivity contribution < 1.29 is 14.3 Å². The van der Waals surface area contributed by atoms with Gasteiger partial charge in [-0.25, -0.2) is 0 Å². The number of aldehydes is 1. The SMILES string of the molecule is COc1ccc2c(c1)N(CC=O)C(=O)CC2. The van der Waals surface area contributed by atoms with E-state index in [1.165, 1.54) is 4.90 Å². The van der Waals surface area contributed by atoms with Gasteiger partial charge in [-0.1, -0.05) is 6.07 Å². The summed E-state index contributed by atoms with van der Waals surface area (Å²) in [6.45, 7) is 0.110. The summed E-state index contributed by atoms with van der Waals surface area (Å²) in [5.74, 6) is 0.692. The summed E-state index contributed by atoms with van der Waals surface area (Å²) in [6, 6.07) is 5.61. The number of methoxy groups -OCH3 is 1. The number of hydrogen-bond acceptors (Lipinski definition) is 3. The predicted octanol–water partition coefficient (Wildman–Crippen LogP) is 1.17. The van der Waals surface area contributed by atoms with E-state index < -0.39 is 0 Å². The molecule has 0 N–H and O–H groups in total. The summed E-state index contributed by atoms with van der Waals surface area (Å²) >= 11 is 0. The van der Waals surface area contributed by atoms with Crippen LogP contribution in [0.1, 0.15) is 12.0 Å². The van der Waals surface area contributed by atoms with Gasteiger partial charge in [0.25, 0.3) is 0 Å². The van der Waals surface area contributed by atoms with Crippen LogP contribution in [0.15, 0.2) is 18.2 Å². The first-order chi connectivity index (χ1) is 7.76. The molecular formula is C12H13NO3. The van der Waals surface area contributed by atoms with Crippen molar-refractivity contribution in [2.45, 2.75) is 12.8 Å². The van der Waals surface area contributed by atoms with Crippen LogP contribution in [0.4, 0.5) is 5.69 Å². The molecule has 4 nitrogen and oxygen atoms in total. The molecule has 0 radical (unpaired) electrons. The number of ether oxygens (including phenoxy) is 1. The molecule has 0 aliphatic carbocycles. The largest absolute Gasteiger partial charge is 0.497 e. The molecule has 1 aliphatic heterocycles.